The second-order valence-corrected chi connectivity index (χ2v) is 4.74. The normalized spacial score (nSPS) is 11.3. The number of ether oxygens (including phenoxy) is 1. The Hall–Kier alpha value is -1.29. The molecule has 5 heteroatoms. The minimum absolute atomic E-state index is 0.0610. The van der Waals surface area contributed by atoms with Crippen molar-refractivity contribution in [1.82, 2.24) is 0 Å². The van der Waals surface area contributed by atoms with Crippen LogP contribution in [-0.4, -0.2) is 11.6 Å². The molecule has 1 rings (SSSR count). The van der Waals surface area contributed by atoms with Gasteiger partial charge in [-0.25, -0.2) is 9.18 Å². The molecule has 0 saturated carbocycles. The zero-order valence-electron chi connectivity index (χ0n) is 9.30. The topological polar surface area (TPSA) is 52.3 Å². The Morgan fingerprint density at radius 3 is 2.50 bits per heavy atom. The van der Waals surface area contributed by atoms with Gasteiger partial charge in [0.25, 0.3) is 0 Å². The molecule has 0 heterocycles. The molecule has 0 aliphatic rings. The average molecular weight is 246 g/mol. The minimum atomic E-state index is -0.734. The summed E-state index contributed by atoms with van der Waals surface area (Å²) in [7, 11) is 0. The Labute approximate surface area is 98.3 Å². The zero-order valence-corrected chi connectivity index (χ0v) is 10.1. The van der Waals surface area contributed by atoms with E-state index >= 15 is 0 Å². The molecule has 0 amide bonds. The smallest absolute Gasteiger partial charge is 0.340 e. The van der Waals surface area contributed by atoms with Crippen LogP contribution < -0.4 is 5.73 Å². The molecule has 0 unspecified atom stereocenters. The van der Waals surface area contributed by atoms with Crippen LogP contribution >= 0.6 is 11.6 Å². The van der Waals surface area contributed by atoms with E-state index in [1.54, 1.807) is 20.8 Å². The maximum Gasteiger partial charge on any atom is 0.340 e. The van der Waals surface area contributed by atoms with Gasteiger partial charge in [0.1, 0.15) is 11.4 Å². The summed E-state index contributed by atoms with van der Waals surface area (Å²) in [5.74, 6) is -1.42. The molecule has 2 N–H and O–H groups in total. The molecule has 0 spiro atoms. The van der Waals surface area contributed by atoms with E-state index in [1.165, 1.54) is 6.07 Å². The Morgan fingerprint density at radius 2 is 2.00 bits per heavy atom. The first-order chi connectivity index (χ1) is 7.20. The second-order valence-electron chi connectivity index (χ2n) is 4.37. The lowest BCUT2D eigenvalue weighted by Gasteiger charge is -2.20. The number of nitrogens with two attached hydrogens (primary N) is 1. The fraction of sp³-hybridized carbons (Fsp3) is 0.364. The summed E-state index contributed by atoms with van der Waals surface area (Å²) in [6.07, 6.45) is 0. The number of hydrogen-bond acceptors (Lipinski definition) is 3. The third kappa shape index (κ3) is 3.10. The maximum absolute atomic E-state index is 13.2. The van der Waals surface area contributed by atoms with Crippen LogP contribution in [0.4, 0.5) is 10.1 Å². The number of halogens is 2. The van der Waals surface area contributed by atoms with E-state index in [2.05, 4.69) is 0 Å². The Morgan fingerprint density at radius 1 is 1.44 bits per heavy atom. The Bertz CT molecular complexity index is 427. The molecule has 0 bridgehead atoms. The first kappa shape index (κ1) is 12.8. The molecule has 1 aromatic rings. The number of carbonyl (C=O) groups is 1. The highest BCUT2D eigenvalue weighted by molar-refractivity contribution is 6.33. The average Bonchev–Trinajstić information content (AvgIpc) is 2.08. The van der Waals surface area contributed by atoms with Crippen LogP contribution in [-0.2, 0) is 4.74 Å². The van der Waals surface area contributed by atoms with E-state index in [0.29, 0.717) is 0 Å². The highest BCUT2D eigenvalue weighted by atomic mass is 35.5. The van der Waals surface area contributed by atoms with Gasteiger partial charge in [0.15, 0.2) is 0 Å². The lowest BCUT2D eigenvalue weighted by atomic mass is 10.1. The van der Waals surface area contributed by atoms with Crippen LogP contribution in [0.1, 0.15) is 31.1 Å². The van der Waals surface area contributed by atoms with Crippen LogP contribution in [0, 0.1) is 5.82 Å². The van der Waals surface area contributed by atoms with Crippen molar-refractivity contribution in [3.8, 4) is 0 Å². The van der Waals surface area contributed by atoms with Crippen LogP contribution in [0.2, 0.25) is 5.02 Å². The van der Waals surface area contributed by atoms with Crippen molar-refractivity contribution < 1.29 is 13.9 Å². The number of benzene rings is 1. The van der Waals surface area contributed by atoms with Gasteiger partial charge in [0.05, 0.1) is 10.6 Å². The van der Waals surface area contributed by atoms with Crippen LogP contribution in [0.25, 0.3) is 0 Å². The SMILES string of the molecule is CC(C)(C)OC(=O)c1cc(N)cc(F)c1Cl. The molecule has 16 heavy (non-hydrogen) atoms. The molecule has 0 aromatic heterocycles. The number of nitrogen functional groups attached to an aromatic ring is 1. The Balaban J connectivity index is 3.09. The third-order valence-corrected chi connectivity index (χ3v) is 2.05. The molecule has 0 atom stereocenters. The highest BCUT2D eigenvalue weighted by Crippen LogP contribution is 2.25. The van der Waals surface area contributed by atoms with E-state index in [-0.39, 0.29) is 16.3 Å². The largest absolute Gasteiger partial charge is 0.456 e. The zero-order chi connectivity index (χ0) is 12.5. The van der Waals surface area contributed by atoms with Gasteiger partial charge in [-0.1, -0.05) is 11.6 Å². The summed E-state index contributed by atoms with van der Waals surface area (Å²) >= 11 is 5.66. The van der Waals surface area contributed by atoms with Crippen molar-refractivity contribution in [2.24, 2.45) is 0 Å². The molecule has 1 aromatic carbocycles. The molecular weight excluding hydrogens is 233 g/mol. The van der Waals surface area contributed by atoms with Gasteiger partial charge in [0.2, 0.25) is 0 Å². The number of rotatable bonds is 1. The Kier molecular flexibility index (Phi) is 3.43. The summed E-state index contributed by atoms with van der Waals surface area (Å²) < 4.78 is 18.3. The predicted octanol–water partition coefficient (Wildman–Crippen LogP) is 3.02. The quantitative estimate of drug-likeness (QED) is 0.611. The van der Waals surface area contributed by atoms with Gasteiger partial charge in [-0.15, -0.1) is 0 Å². The summed E-state index contributed by atoms with van der Waals surface area (Å²) in [6.45, 7) is 5.13. The van der Waals surface area contributed by atoms with E-state index in [0.717, 1.165) is 6.07 Å². The number of anilines is 1. The number of carbonyl (C=O) groups excluding carboxylic acids is 1. The summed E-state index contributed by atoms with van der Waals surface area (Å²) in [5, 5.41) is -0.275. The summed E-state index contributed by atoms with van der Waals surface area (Å²) in [6, 6.07) is 2.34. The molecule has 0 radical (unpaired) electrons. The molecule has 3 nitrogen and oxygen atoms in total. The first-order valence-corrected chi connectivity index (χ1v) is 5.06. The molecule has 0 aliphatic carbocycles. The molecule has 88 valence electrons. The van der Waals surface area contributed by atoms with E-state index in [4.69, 9.17) is 22.1 Å². The van der Waals surface area contributed by atoms with Crippen molar-refractivity contribution in [1.29, 1.82) is 0 Å². The second kappa shape index (κ2) is 4.29. The van der Waals surface area contributed by atoms with Crippen molar-refractivity contribution in [3.63, 3.8) is 0 Å². The fourth-order valence-electron chi connectivity index (χ4n) is 1.09. The summed E-state index contributed by atoms with van der Waals surface area (Å²) in [5.41, 5.74) is 4.82. The van der Waals surface area contributed by atoms with Crippen LogP contribution in [0.5, 0.6) is 0 Å². The van der Waals surface area contributed by atoms with Crippen LogP contribution in [0.3, 0.4) is 0 Å². The van der Waals surface area contributed by atoms with Gasteiger partial charge in [-0.05, 0) is 32.9 Å². The van der Waals surface area contributed by atoms with Gasteiger partial charge < -0.3 is 10.5 Å². The monoisotopic (exact) mass is 245 g/mol. The standard InChI is InChI=1S/C11H13ClFNO2/c1-11(2,3)16-10(15)7-4-6(14)5-8(13)9(7)12/h4-5H,14H2,1-3H3. The maximum atomic E-state index is 13.2. The minimum Gasteiger partial charge on any atom is -0.456 e. The molecule has 0 aliphatic heterocycles. The fourth-order valence-corrected chi connectivity index (χ4v) is 1.28. The lowest BCUT2D eigenvalue weighted by Crippen LogP contribution is -2.24. The van der Waals surface area contributed by atoms with Crippen LogP contribution in [0.15, 0.2) is 12.1 Å². The van der Waals surface area contributed by atoms with Gasteiger partial charge in [-0.2, -0.15) is 0 Å². The predicted molar refractivity (Wildman–Crippen MR) is 61.0 cm³/mol. The van der Waals surface area contributed by atoms with Crippen molar-refractivity contribution >= 4 is 23.3 Å². The van der Waals surface area contributed by atoms with Crippen molar-refractivity contribution in [3.05, 3.63) is 28.5 Å². The molecule has 0 fully saturated rings. The summed E-state index contributed by atoms with van der Waals surface area (Å²) in [4.78, 5) is 11.7. The third-order valence-electron chi connectivity index (χ3n) is 1.67. The van der Waals surface area contributed by atoms with Gasteiger partial charge >= 0.3 is 5.97 Å². The first-order valence-electron chi connectivity index (χ1n) is 4.68. The van der Waals surface area contributed by atoms with Crippen molar-refractivity contribution in [2.45, 2.75) is 26.4 Å². The van der Waals surface area contributed by atoms with Gasteiger partial charge in [-0.3, -0.25) is 0 Å². The number of hydrogen-bond donors (Lipinski definition) is 1. The number of esters is 1. The lowest BCUT2D eigenvalue weighted by molar-refractivity contribution is 0.00693. The van der Waals surface area contributed by atoms with E-state index in [1.807, 2.05) is 0 Å². The van der Waals surface area contributed by atoms with Gasteiger partial charge in [0, 0.05) is 5.69 Å². The molecule has 0 saturated heterocycles. The molecular formula is C11H13ClFNO2. The van der Waals surface area contributed by atoms with E-state index in [9.17, 15) is 9.18 Å². The van der Waals surface area contributed by atoms with E-state index < -0.39 is 17.4 Å². The highest BCUT2D eigenvalue weighted by Gasteiger charge is 2.21. The van der Waals surface area contributed by atoms with Crippen molar-refractivity contribution in [2.75, 3.05) is 5.73 Å².